The average molecular weight is 958 g/mol. The van der Waals surface area contributed by atoms with Gasteiger partial charge in [-0.25, -0.2) is 0 Å². The summed E-state index contributed by atoms with van der Waals surface area (Å²) in [5.74, 6) is 0.511. The van der Waals surface area contributed by atoms with E-state index in [1.807, 2.05) is 0 Å². The van der Waals surface area contributed by atoms with Crippen molar-refractivity contribution in [1.82, 2.24) is 0 Å². The normalized spacial score (nSPS) is 18.4. The van der Waals surface area contributed by atoms with Gasteiger partial charge in [0.1, 0.15) is 0 Å². The highest BCUT2D eigenvalue weighted by molar-refractivity contribution is 5.90. The second-order valence-electron chi connectivity index (χ2n) is 20.6. The first-order valence-electron chi connectivity index (χ1n) is 26.6. The van der Waals surface area contributed by atoms with Crippen LogP contribution in [0.2, 0.25) is 0 Å². The van der Waals surface area contributed by atoms with E-state index in [-0.39, 0.29) is 17.3 Å². The van der Waals surface area contributed by atoms with Crippen LogP contribution in [0.15, 0.2) is 297 Å². The lowest BCUT2D eigenvalue weighted by atomic mass is 9.63. The van der Waals surface area contributed by atoms with Gasteiger partial charge in [-0.1, -0.05) is 243 Å². The standard InChI is InChI=1S/C74H55N/c1-6-22-52(23-7-1)55-48-56(53-24-8-2-9-25-53)50-57(49-55)54-38-42-62(43-39-54)75(63-44-40-61(41-45-63)73(58-26-10-3-11-27-58)69-35-19-16-32-65(69)66-33-17-20-36-70(66)73)64-46-47-68-67-34-18-21-37-71(67)74(72(68)51-64,59-28-12-4-13-29-59)60-30-14-5-15-31-60/h1,3-8,10-51,65,69H,2,9H2. The van der Waals surface area contributed by atoms with E-state index in [1.54, 1.807) is 0 Å². The zero-order valence-corrected chi connectivity index (χ0v) is 41.8. The molecule has 0 aromatic heterocycles. The van der Waals surface area contributed by atoms with Gasteiger partial charge in [0.25, 0.3) is 0 Å². The van der Waals surface area contributed by atoms with Crippen LogP contribution in [0.4, 0.5) is 17.1 Å². The largest absolute Gasteiger partial charge is 0.310 e. The van der Waals surface area contributed by atoms with Crippen LogP contribution in [0.1, 0.15) is 68.8 Å². The molecule has 4 aliphatic carbocycles. The minimum Gasteiger partial charge on any atom is -0.310 e. The Kier molecular flexibility index (Phi) is 11.0. The number of hydrogen-bond donors (Lipinski definition) is 0. The Hall–Kier alpha value is -9.04. The molecule has 0 heterocycles. The molecule has 75 heavy (non-hydrogen) atoms. The average Bonchev–Trinajstić information content (AvgIpc) is 4.05. The summed E-state index contributed by atoms with van der Waals surface area (Å²) in [6.07, 6.45) is 18.5. The smallest absolute Gasteiger partial charge is 0.0714 e. The van der Waals surface area contributed by atoms with Crippen LogP contribution in [-0.2, 0) is 10.8 Å². The molecule has 3 unspecified atom stereocenters. The first-order chi connectivity index (χ1) is 37.2. The predicted molar refractivity (Wildman–Crippen MR) is 313 cm³/mol. The molecule has 0 fully saturated rings. The van der Waals surface area contributed by atoms with Gasteiger partial charge in [-0.3, -0.25) is 0 Å². The minimum absolute atomic E-state index is 0.227. The highest BCUT2D eigenvalue weighted by Gasteiger charge is 2.53. The van der Waals surface area contributed by atoms with E-state index in [1.165, 1.54) is 89.0 Å². The number of anilines is 3. The van der Waals surface area contributed by atoms with Crippen molar-refractivity contribution in [2.45, 2.75) is 29.6 Å². The van der Waals surface area contributed by atoms with Gasteiger partial charge >= 0.3 is 0 Å². The van der Waals surface area contributed by atoms with E-state index < -0.39 is 5.41 Å². The molecule has 0 N–H and O–H groups in total. The molecule has 10 aromatic rings. The number of fused-ring (bicyclic) bond motifs is 6. The fourth-order valence-corrected chi connectivity index (χ4v) is 13.5. The van der Waals surface area contributed by atoms with Gasteiger partial charge in [0.05, 0.1) is 10.8 Å². The Bertz CT molecular complexity index is 3820. The number of allylic oxidation sites excluding steroid dienone is 8. The molecule has 4 aliphatic rings. The number of nitrogens with zero attached hydrogens (tertiary/aromatic N) is 1. The summed E-state index contributed by atoms with van der Waals surface area (Å²) in [5.41, 5.74) is 22.8. The molecule has 0 aliphatic heterocycles. The topological polar surface area (TPSA) is 3.24 Å². The lowest BCUT2D eigenvalue weighted by molar-refractivity contribution is 0.457. The second kappa shape index (κ2) is 18.5. The van der Waals surface area contributed by atoms with Gasteiger partial charge in [0, 0.05) is 28.9 Å². The van der Waals surface area contributed by atoms with Crippen molar-refractivity contribution < 1.29 is 0 Å². The molecule has 10 aromatic carbocycles. The lowest BCUT2D eigenvalue weighted by Gasteiger charge is -2.39. The zero-order valence-electron chi connectivity index (χ0n) is 41.8. The molecule has 1 heteroatoms. The molecule has 0 radical (unpaired) electrons. The Labute approximate surface area is 441 Å². The SMILES string of the molecule is C1=CC2c3ccccc3C(c3ccccc3)(c3ccc(N(c4ccc(-c5cc(C6=CCCC=C6)cc(-c6ccccc6)c5)cc4)c4ccc5c(c4)C(c4ccccc4)(c4ccccc4)c4ccccc4-5)cc3)C2C=C1. The van der Waals surface area contributed by atoms with Crippen LogP contribution in [0.5, 0.6) is 0 Å². The molecule has 0 saturated carbocycles. The quantitative estimate of drug-likeness (QED) is 0.132. The molecule has 14 rings (SSSR count). The maximum absolute atomic E-state index is 2.49. The molecule has 3 atom stereocenters. The summed E-state index contributed by atoms with van der Waals surface area (Å²) in [4.78, 5) is 2.48. The molecule has 0 amide bonds. The zero-order chi connectivity index (χ0) is 49.8. The summed E-state index contributed by atoms with van der Waals surface area (Å²) < 4.78 is 0. The van der Waals surface area contributed by atoms with E-state index in [0.717, 1.165) is 29.9 Å². The molecular formula is C74H55N. The van der Waals surface area contributed by atoms with Gasteiger partial charge in [0.15, 0.2) is 0 Å². The predicted octanol–water partition coefficient (Wildman–Crippen LogP) is 18.8. The third-order valence-electron chi connectivity index (χ3n) is 16.7. The first kappa shape index (κ1) is 44.6. The van der Waals surface area contributed by atoms with E-state index in [2.05, 4.69) is 302 Å². The Morgan fingerprint density at radius 1 is 0.360 bits per heavy atom. The van der Waals surface area contributed by atoms with Crippen molar-refractivity contribution >= 4 is 22.6 Å². The maximum Gasteiger partial charge on any atom is 0.0714 e. The van der Waals surface area contributed by atoms with Gasteiger partial charge in [-0.2, -0.15) is 0 Å². The van der Waals surface area contributed by atoms with Gasteiger partial charge in [-0.05, 0) is 156 Å². The molecule has 0 bridgehead atoms. The fraction of sp³-hybridized carbons (Fsp3) is 0.0811. The summed E-state index contributed by atoms with van der Waals surface area (Å²) in [6, 6.07) is 95.6. The summed E-state index contributed by atoms with van der Waals surface area (Å²) in [5, 5.41) is 0. The highest BCUT2D eigenvalue weighted by atomic mass is 15.1. The van der Waals surface area contributed by atoms with Gasteiger partial charge < -0.3 is 4.90 Å². The van der Waals surface area contributed by atoms with E-state index in [4.69, 9.17) is 0 Å². The van der Waals surface area contributed by atoms with Gasteiger partial charge in [-0.15, -0.1) is 0 Å². The Balaban J connectivity index is 0.957. The number of benzene rings is 10. The second-order valence-corrected chi connectivity index (χ2v) is 20.6. The summed E-state index contributed by atoms with van der Waals surface area (Å²) >= 11 is 0. The van der Waals surface area contributed by atoms with Crippen LogP contribution in [0.25, 0.3) is 39.0 Å². The van der Waals surface area contributed by atoms with Crippen LogP contribution < -0.4 is 4.90 Å². The van der Waals surface area contributed by atoms with Crippen molar-refractivity contribution in [3.63, 3.8) is 0 Å². The number of hydrogen-bond acceptors (Lipinski definition) is 1. The Morgan fingerprint density at radius 2 is 0.880 bits per heavy atom. The van der Waals surface area contributed by atoms with Crippen LogP contribution in [-0.4, -0.2) is 0 Å². The van der Waals surface area contributed by atoms with Crippen LogP contribution >= 0.6 is 0 Å². The molecule has 356 valence electrons. The Morgan fingerprint density at radius 3 is 1.55 bits per heavy atom. The first-order valence-corrected chi connectivity index (χ1v) is 26.6. The molecule has 0 saturated heterocycles. The minimum atomic E-state index is -0.537. The third kappa shape index (κ3) is 7.21. The monoisotopic (exact) mass is 957 g/mol. The van der Waals surface area contributed by atoms with Crippen molar-refractivity contribution in [1.29, 1.82) is 0 Å². The van der Waals surface area contributed by atoms with Crippen molar-refractivity contribution in [2.24, 2.45) is 5.92 Å². The van der Waals surface area contributed by atoms with Crippen LogP contribution in [0, 0.1) is 5.92 Å². The van der Waals surface area contributed by atoms with Crippen molar-refractivity contribution in [2.75, 3.05) is 4.90 Å². The lowest BCUT2D eigenvalue weighted by Crippen LogP contribution is -2.35. The molecular weight excluding hydrogens is 903 g/mol. The molecule has 0 spiro atoms. The summed E-state index contributed by atoms with van der Waals surface area (Å²) in [6.45, 7) is 0. The van der Waals surface area contributed by atoms with Crippen molar-refractivity contribution in [3.05, 3.63) is 347 Å². The third-order valence-corrected chi connectivity index (χ3v) is 16.7. The van der Waals surface area contributed by atoms with E-state index in [9.17, 15) is 0 Å². The highest BCUT2D eigenvalue weighted by Crippen LogP contribution is 2.60. The van der Waals surface area contributed by atoms with Crippen LogP contribution in [0.3, 0.4) is 0 Å². The number of rotatable bonds is 10. The fourth-order valence-electron chi connectivity index (χ4n) is 13.5. The molecule has 1 nitrogen and oxygen atoms in total. The maximum atomic E-state index is 2.49. The van der Waals surface area contributed by atoms with E-state index >= 15 is 0 Å². The van der Waals surface area contributed by atoms with Crippen molar-refractivity contribution in [3.8, 4) is 33.4 Å². The van der Waals surface area contributed by atoms with Gasteiger partial charge in [0.2, 0.25) is 0 Å². The summed E-state index contributed by atoms with van der Waals surface area (Å²) in [7, 11) is 0. The van der Waals surface area contributed by atoms with E-state index in [0.29, 0.717) is 0 Å².